The Morgan fingerprint density at radius 1 is 1.42 bits per heavy atom. The molecule has 1 fully saturated rings. The number of carbonyl (C=O) groups excluding carboxylic acids is 3. The second-order valence-electron chi connectivity index (χ2n) is 4.86. The van der Waals surface area contributed by atoms with Gasteiger partial charge in [0.15, 0.2) is 0 Å². The number of hydrogen-bond donors (Lipinski definition) is 2. The first-order chi connectivity index (χ1) is 8.93. The summed E-state index contributed by atoms with van der Waals surface area (Å²) >= 11 is 0. The van der Waals surface area contributed by atoms with Crippen molar-refractivity contribution < 1.29 is 14.4 Å². The first-order valence-electron chi connectivity index (χ1n) is 6.46. The van der Waals surface area contributed by atoms with E-state index in [0.717, 1.165) is 13.0 Å². The fraction of sp³-hybridized carbons (Fsp3) is 0.750. The highest BCUT2D eigenvalue weighted by molar-refractivity contribution is 5.85. The standard InChI is InChI=1S/C12H22N4O3/c1-4-5-16-8-9(6-11(16)18)14-10(17)7-13-12(19)15(2)3/h9H,4-8H2,1-3H3,(H,13,19)(H,14,17). The normalized spacial score (nSPS) is 18.4. The summed E-state index contributed by atoms with van der Waals surface area (Å²) in [6.07, 6.45) is 1.25. The third-order valence-electron chi connectivity index (χ3n) is 2.88. The van der Waals surface area contributed by atoms with Crippen LogP contribution < -0.4 is 10.6 Å². The van der Waals surface area contributed by atoms with Crippen molar-refractivity contribution in [2.24, 2.45) is 0 Å². The molecule has 7 nitrogen and oxygen atoms in total. The molecule has 0 radical (unpaired) electrons. The number of amides is 4. The summed E-state index contributed by atoms with van der Waals surface area (Å²) < 4.78 is 0. The van der Waals surface area contributed by atoms with Gasteiger partial charge in [-0.05, 0) is 6.42 Å². The molecule has 1 heterocycles. The van der Waals surface area contributed by atoms with E-state index in [4.69, 9.17) is 0 Å². The number of carbonyl (C=O) groups is 3. The molecule has 4 amide bonds. The Bertz CT molecular complexity index is 357. The van der Waals surface area contributed by atoms with Gasteiger partial charge in [-0.15, -0.1) is 0 Å². The Morgan fingerprint density at radius 2 is 2.11 bits per heavy atom. The highest BCUT2D eigenvalue weighted by atomic mass is 16.2. The van der Waals surface area contributed by atoms with Gasteiger partial charge in [0.2, 0.25) is 11.8 Å². The summed E-state index contributed by atoms with van der Waals surface area (Å²) in [5.41, 5.74) is 0. The van der Waals surface area contributed by atoms with Crippen LogP contribution in [0.15, 0.2) is 0 Å². The smallest absolute Gasteiger partial charge is 0.317 e. The SMILES string of the molecule is CCCN1CC(NC(=O)CNC(=O)N(C)C)CC1=O. The van der Waals surface area contributed by atoms with Crippen molar-refractivity contribution in [2.45, 2.75) is 25.8 Å². The minimum Gasteiger partial charge on any atom is -0.350 e. The van der Waals surface area contributed by atoms with E-state index in [1.165, 1.54) is 4.90 Å². The van der Waals surface area contributed by atoms with E-state index in [-0.39, 0.29) is 30.4 Å². The topological polar surface area (TPSA) is 81.8 Å². The molecule has 108 valence electrons. The molecule has 0 spiro atoms. The lowest BCUT2D eigenvalue weighted by atomic mass is 10.2. The lowest BCUT2D eigenvalue weighted by molar-refractivity contribution is -0.127. The van der Waals surface area contributed by atoms with E-state index >= 15 is 0 Å². The Labute approximate surface area is 113 Å². The van der Waals surface area contributed by atoms with Crippen LogP contribution >= 0.6 is 0 Å². The molecule has 2 N–H and O–H groups in total. The summed E-state index contributed by atoms with van der Waals surface area (Å²) in [4.78, 5) is 37.6. The molecule has 1 atom stereocenters. The van der Waals surface area contributed by atoms with Crippen molar-refractivity contribution in [3.63, 3.8) is 0 Å². The molecule has 1 rings (SSSR count). The predicted molar refractivity (Wildman–Crippen MR) is 70.5 cm³/mol. The van der Waals surface area contributed by atoms with Crippen LogP contribution in [0, 0.1) is 0 Å². The Kier molecular flexibility index (Phi) is 5.59. The van der Waals surface area contributed by atoms with Gasteiger partial charge in [0.25, 0.3) is 0 Å². The molecule has 0 aliphatic carbocycles. The maximum absolute atomic E-state index is 11.6. The van der Waals surface area contributed by atoms with Gasteiger partial charge in [0.05, 0.1) is 12.6 Å². The quantitative estimate of drug-likeness (QED) is 0.699. The average Bonchev–Trinajstić information content (AvgIpc) is 2.67. The van der Waals surface area contributed by atoms with Crippen molar-refractivity contribution in [1.82, 2.24) is 20.4 Å². The van der Waals surface area contributed by atoms with Crippen LogP contribution in [0.25, 0.3) is 0 Å². The molecular weight excluding hydrogens is 248 g/mol. The molecule has 1 saturated heterocycles. The summed E-state index contributed by atoms with van der Waals surface area (Å²) in [6, 6.07) is -0.465. The van der Waals surface area contributed by atoms with Crippen LogP contribution in [0.2, 0.25) is 0 Å². The molecule has 0 aromatic heterocycles. The van der Waals surface area contributed by atoms with E-state index < -0.39 is 0 Å². The van der Waals surface area contributed by atoms with Crippen molar-refractivity contribution in [3.8, 4) is 0 Å². The van der Waals surface area contributed by atoms with Gasteiger partial charge >= 0.3 is 6.03 Å². The first kappa shape index (κ1) is 15.3. The van der Waals surface area contributed by atoms with E-state index in [2.05, 4.69) is 10.6 Å². The van der Waals surface area contributed by atoms with Crippen LogP contribution in [0.5, 0.6) is 0 Å². The molecule has 1 aliphatic rings. The van der Waals surface area contributed by atoms with E-state index in [9.17, 15) is 14.4 Å². The predicted octanol–water partition coefficient (Wildman–Crippen LogP) is -0.615. The largest absolute Gasteiger partial charge is 0.350 e. The Morgan fingerprint density at radius 3 is 2.68 bits per heavy atom. The maximum Gasteiger partial charge on any atom is 0.317 e. The number of urea groups is 1. The summed E-state index contributed by atoms with van der Waals surface area (Å²) in [7, 11) is 3.21. The lowest BCUT2D eigenvalue weighted by Crippen LogP contribution is -2.45. The third kappa shape index (κ3) is 4.76. The number of rotatable bonds is 5. The van der Waals surface area contributed by atoms with Crippen molar-refractivity contribution in [2.75, 3.05) is 33.7 Å². The fourth-order valence-corrected chi connectivity index (χ4v) is 1.95. The number of hydrogen-bond acceptors (Lipinski definition) is 3. The molecule has 1 unspecified atom stereocenters. The zero-order valence-corrected chi connectivity index (χ0v) is 11.7. The molecule has 7 heteroatoms. The summed E-state index contributed by atoms with van der Waals surface area (Å²) in [6.45, 7) is 3.22. The van der Waals surface area contributed by atoms with Gasteiger partial charge in [-0.3, -0.25) is 9.59 Å². The van der Waals surface area contributed by atoms with Crippen LogP contribution in [0.3, 0.4) is 0 Å². The summed E-state index contributed by atoms with van der Waals surface area (Å²) in [5.74, 6) is -0.198. The Balaban J connectivity index is 2.30. The Hall–Kier alpha value is -1.79. The van der Waals surface area contributed by atoms with E-state index in [0.29, 0.717) is 13.0 Å². The summed E-state index contributed by atoms with van der Waals surface area (Å²) in [5, 5.41) is 5.24. The van der Waals surface area contributed by atoms with E-state index in [1.807, 2.05) is 6.92 Å². The minimum atomic E-state index is -0.315. The molecule has 0 saturated carbocycles. The van der Waals surface area contributed by atoms with Gasteiger partial charge in [0.1, 0.15) is 0 Å². The molecule has 1 aliphatic heterocycles. The zero-order chi connectivity index (χ0) is 14.4. The lowest BCUT2D eigenvalue weighted by Gasteiger charge is -2.16. The van der Waals surface area contributed by atoms with Crippen LogP contribution in [0.1, 0.15) is 19.8 Å². The molecular formula is C12H22N4O3. The monoisotopic (exact) mass is 270 g/mol. The third-order valence-corrected chi connectivity index (χ3v) is 2.88. The second kappa shape index (κ2) is 6.96. The maximum atomic E-state index is 11.6. The van der Waals surface area contributed by atoms with Gasteiger partial charge in [0, 0.05) is 33.6 Å². The number of nitrogens with one attached hydrogen (secondary N) is 2. The van der Waals surface area contributed by atoms with Gasteiger partial charge in [-0.25, -0.2) is 4.79 Å². The zero-order valence-electron chi connectivity index (χ0n) is 11.7. The van der Waals surface area contributed by atoms with Crippen molar-refractivity contribution in [3.05, 3.63) is 0 Å². The van der Waals surface area contributed by atoms with Gasteiger partial charge in [-0.2, -0.15) is 0 Å². The molecule has 0 bridgehead atoms. The number of likely N-dealkylation sites (tertiary alicyclic amines) is 1. The molecule has 19 heavy (non-hydrogen) atoms. The van der Waals surface area contributed by atoms with Crippen molar-refractivity contribution >= 4 is 17.8 Å². The number of nitrogens with zero attached hydrogens (tertiary/aromatic N) is 2. The van der Waals surface area contributed by atoms with Crippen LogP contribution in [-0.2, 0) is 9.59 Å². The molecule has 0 aromatic rings. The molecule has 0 aromatic carbocycles. The van der Waals surface area contributed by atoms with Gasteiger partial charge < -0.3 is 20.4 Å². The van der Waals surface area contributed by atoms with Gasteiger partial charge in [-0.1, -0.05) is 6.92 Å². The fourth-order valence-electron chi connectivity index (χ4n) is 1.95. The second-order valence-corrected chi connectivity index (χ2v) is 4.86. The van der Waals surface area contributed by atoms with Crippen LogP contribution in [-0.4, -0.2) is 67.4 Å². The highest BCUT2D eigenvalue weighted by Gasteiger charge is 2.29. The average molecular weight is 270 g/mol. The van der Waals surface area contributed by atoms with Crippen molar-refractivity contribution in [1.29, 1.82) is 0 Å². The first-order valence-corrected chi connectivity index (χ1v) is 6.46. The van der Waals surface area contributed by atoms with E-state index in [1.54, 1.807) is 19.0 Å². The highest BCUT2D eigenvalue weighted by Crippen LogP contribution is 2.11. The minimum absolute atomic E-state index is 0.0736. The van der Waals surface area contributed by atoms with Crippen LogP contribution in [0.4, 0.5) is 4.79 Å².